The van der Waals surface area contributed by atoms with Crippen LogP contribution in [0.15, 0.2) is 6.20 Å². The van der Waals surface area contributed by atoms with E-state index in [-0.39, 0.29) is 12.6 Å². The predicted octanol–water partition coefficient (Wildman–Crippen LogP) is 1.57. The van der Waals surface area contributed by atoms with Crippen molar-refractivity contribution in [2.75, 3.05) is 13.2 Å². The van der Waals surface area contributed by atoms with Gasteiger partial charge in [0, 0.05) is 12.6 Å². The average molecular weight is 235 g/mol. The Balaban J connectivity index is 1.84. The summed E-state index contributed by atoms with van der Waals surface area (Å²) in [5.41, 5.74) is 1.18. The number of hydrogen-bond acceptors (Lipinski definition) is 3. The van der Waals surface area contributed by atoms with Gasteiger partial charge in [0.25, 0.3) is 0 Å². The van der Waals surface area contributed by atoms with E-state index in [4.69, 9.17) is 4.98 Å². The second-order valence-electron chi connectivity index (χ2n) is 5.22. The summed E-state index contributed by atoms with van der Waals surface area (Å²) in [4.78, 5) is 4.76. The SMILES string of the molecule is OCC1CCCc2nc(C3CCCCN3)cn21. The molecule has 0 aliphatic carbocycles. The van der Waals surface area contributed by atoms with E-state index in [0.29, 0.717) is 6.04 Å². The third kappa shape index (κ3) is 2.11. The van der Waals surface area contributed by atoms with Crippen molar-refractivity contribution in [2.24, 2.45) is 0 Å². The summed E-state index contributed by atoms with van der Waals surface area (Å²) in [7, 11) is 0. The van der Waals surface area contributed by atoms with Gasteiger partial charge in [0.15, 0.2) is 0 Å². The molecule has 2 unspecified atom stereocenters. The molecule has 1 fully saturated rings. The molecule has 3 heterocycles. The summed E-state index contributed by atoms with van der Waals surface area (Å²) in [5, 5.41) is 12.9. The minimum absolute atomic E-state index is 0.237. The fourth-order valence-electron chi connectivity index (χ4n) is 3.04. The number of hydrogen-bond donors (Lipinski definition) is 2. The first-order chi connectivity index (χ1) is 8.38. The summed E-state index contributed by atoms with van der Waals surface area (Å²) < 4.78 is 2.20. The number of rotatable bonds is 2. The quantitative estimate of drug-likeness (QED) is 0.818. The van der Waals surface area contributed by atoms with Crippen molar-refractivity contribution >= 4 is 0 Å². The van der Waals surface area contributed by atoms with Crippen molar-refractivity contribution in [3.63, 3.8) is 0 Å². The van der Waals surface area contributed by atoms with Gasteiger partial charge in [-0.05, 0) is 32.2 Å². The van der Waals surface area contributed by atoms with Gasteiger partial charge in [0.2, 0.25) is 0 Å². The van der Waals surface area contributed by atoms with E-state index in [9.17, 15) is 5.11 Å². The molecule has 0 radical (unpaired) electrons. The summed E-state index contributed by atoms with van der Waals surface area (Å²) in [6, 6.07) is 0.685. The number of aliphatic hydroxyl groups excluding tert-OH is 1. The van der Waals surface area contributed by atoms with Crippen molar-refractivity contribution in [3.05, 3.63) is 17.7 Å². The highest BCUT2D eigenvalue weighted by Gasteiger charge is 2.24. The zero-order valence-corrected chi connectivity index (χ0v) is 10.2. The molecule has 2 aliphatic heterocycles. The largest absolute Gasteiger partial charge is 0.394 e. The lowest BCUT2D eigenvalue weighted by molar-refractivity contribution is 0.206. The van der Waals surface area contributed by atoms with Crippen LogP contribution in [0.1, 0.15) is 55.7 Å². The maximum Gasteiger partial charge on any atom is 0.109 e. The van der Waals surface area contributed by atoms with E-state index in [2.05, 4.69) is 16.1 Å². The Morgan fingerprint density at radius 3 is 3.06 bits per heavy atom. The molecule has 0 bridgehead atoms. The fourth-order valence-corrected chi connectivity index (χ4v) is 3.04. The first-order valence-corrected chi connectivity index (χ1v) is 6.80. The molecule has 2 aliphatic rings. The summed E-state index contributed by atoms with van der Waals surface area (Å²) in [5.74, 6) is 1.16. The van der Waals surface area contributed by atoms with E-state index in [1.807, 2.05) is 0 Å². The van der Waals surface area contributed by atoms with Crippen LogP contribution in [-0.4, -0.2) is 27.8 Å². The van der Waals surface area contributed by atoms with E-state index < -0.39 is 0 Å². The monoisotopic (exact) mass is 235 g/mol. The molecule has 0 spiro atoms. The molecule has 3 rings (SSSR count). The van der Waals surface area contributed by atoms with Crippen LogP contribution in [0.3, 0.4) is 0 Å². The molecule has 1 aromatic heterocycles. The molecule has 2 N–H and O–H groups in total. The third-order valence-corrected chi connectivity index (χ3v) is 4.04. The van der Waals surface area contributed by atoms with Gasteiger partial charge in [-0.1, -0.05) is 6.42 Å². The van der Waals surface area contributed by atoms with Gasteiger partial charge in [-0.25, -0.2) is 4.98 Å². The second kappa shape index (κ2) is 4.78. The maximum absolute atomic E-state index is 9.39. The Morgan fingerprint density at radius 2 is 2.29 bits per heavy atom. The Hall–Kier alpha value is -0.870. The van der Waals surface area contributed by atoms with Crippen molar-refractivity contribution in [1.29, 1.82) is 0 Å². The van der Waals surface area contributed by atoms with Crippen molar-refractivity contribution < 1.29 is 5.11 Å². The highest BCUT2D eigenvalue weighted by atomic mass is 16.3. The lowest BCUT2D eigenvalue weighted by Crippen LogP contribution is -2.27. The topological polar surface area (TPSA) is 50.1 Å². The van der Waals surface area contributed by atoms with Gasteiger partial charge >= 0.3 is 0 Å². The van der Waals surface area contributed by atoms with Crippen LogP contribution >= 0.6 is 0 Å². The van der Waals surface area contributed by atoms with Crippen LogP contribution in [-0.2, 0) is 6.42 Å². The molecule has 4 nitrogen and oxygen atoms in total. The molecule has 0 saturated carbocycles. The molecule has 17 heavy (non-hydrogen) atoms. The van der Waals surface area contributed by atoms with Gasteiger partial charge in [-0.2, -0.15) is 0 Å². The number of piperidine rings is 1. The Bertz CT molecular complexity index is 382. The lowest BCUT2D eigenvalue weighted by atomic mass is 10.0. The van der Waals surface area contributed by atoms with Crippen LogP contribution in [0.4, 0.5) is 0 Å². The standard InChI is InChI=1S/C13H21N3O/c17-9-10-4-3-6-13-15-12(8-16(10)13)11-5-1-2-7-14-11/h8,10-11,14,17H,1-7,9H2. The number of aryl methyl sites for hydroxylation is 1. The van der Waals surface area contributed by atoms with Crippen molar-refractivity contribution in [1.82, 2.24) is 14.9 Å². The van der Waals surface area contributed by atoms with E-state index in [1.165, 1.54) is 25.0 Å². The zero-order chi connectivity index (χ0) is 11.7. The van der Waals surface area contributed by atoms with Gasteiger partial charge < -0.3 is 15.0 Å². The van der Waals surface area contributed by atoms with E-state index >= 15 is 0 Å². The summed E-state index contributed by atoms with van der Waals surface area (Å²) in [6.07, 6.45) is 9.23. The molecule has 1 aromatic rings. The minimum atomic E-state index is 0.237. The van der Waals surface area contributed by atoms with Gasteiger partial charge in [0.1, 0.15) is 5.82 Å². The molecule has 94 valence electrons. The number of nitrogens with zero attached hydrogens (tertiary/aromatic N) is 2. The third-order valence-electron chi connectivity index (χ3n) is 4.04. The smallest absolute Gasteiger partial charge is 0.109 e. The summed E-state index contributed by atoms with van der Waals surface area (Å²) >= 11 is 0. The fraction of sp³-hybridized carbons (Fsp3) is 0.769. The molecule has 1 saturated heterocycles. The Labute approximate surface area is 102 Å². The number of aliphatic hydroxyl groups is 1. The lowest BCUT2D eigenvalue weighted by Gasteiger charge is -2.23. The van der Waals surface area contributed by atoms with Crippen molar-refractivity contribution in [2.45, 2.75) is 50.6 Å². The number of fused-ring (bicyclic) bond motifs is 1. The molecule has 0 amide bonds. The number of aromatic nitrogens is 2. The normalized spacial score (nSPS) is 29.0. The van der Waals surface area contributed by atoms with Crippen LogP contribution in [0, 0.1) is 0 Å². The van der Waals surface area contributed by atoms with Crippen LogP contribution in [0.25, 0.3) is 0 Å². The first kappa shape index (κ1) is 11.2. The highest BCUT2D eigenvalue weighted by Crippen LogP contribution is 2.28. The zero-order valence-electron chi connectivity index (χ0n) is 10.2. The number of nitrogens with one attached hydrogen (secondary N) is 1. The number of imidazole rings is 1. The average Bonchev–Trinajstić information content (AvgIpc) is 2.83. The van der Waals surface area contributed by atoms with E-state index in [0.717, 1.165) is 31.6 Å². The molecule has 4 heteroatoms. The minimum Gasteiger partial charge on any atom is -0.394 e. The molecule has 2 atom stereocenters. The predicted molar refractivity (Wildman–Crippen MR) is 65.9 cm³/mol. The molecular weight excluding hydrogens is 214 g/mol. The maximum atomic E-state index is 9.39. The first-order valence-electron chi connectivity index (χ1n) is 6.80. The second-order valence-corrected chi connectivity index (χ2v) is 5.22. The van der Waals surface area contributed by atoms with Crippen LogP contribution in [0.5, 0.6) is 0 Å². The molecular formula is C13H21N3O. The van der Waals surface area contributed by atoms with E-state index in [1.54, 1.807) is 0 Å². The summed E-state index contributed by atoms with van der Waals surface area (Å²) in [6.45, 7) is 1.34. The molecule has 0 aromatic carbocycles. The van der Waals surface area contributed by atoms with Crippen LogP contribution < -0.4 is 5.32 Å². The Morgan fingerprint density at radius 1 is 1.35 bits per heavy atom. The van der Waals surface area contributed by atoms with Gasteiger partial charge in [-0.3, -0.25) is 0 Å². The van der Waals surface area contributed by atoms with Gasteiger partial charge in [-0.15, -0.1) is 0 Å². The highest BCUT2D eigenvalue weighted by molar-refractivity contribution is 5.12. The van der Waals surface area contributed by atoms with Crippen molar-refractivity contribution in [3.8, 4) is 0 Å². The Kier molecular flexibility index (Phi) is 3.16. The van der Waals surface area contributed by atoms with Gasteiger partial charge in [0.05, 0.1) is 24.4 Å². The van der Waals surface area contributed by atoms with Crippen LogP contribution in [0.2, 0.25) is 0 Å².